The molecule has 0 saturated heterocycles. The quantitative estimate of drug-likeness (QED) is 0.657. The summed E-state index contributed by atoms with van der Waals surface area (Å²) in [5.74, 6) is 4.60. The van der Waals surface area contributed by atoms with Gasteiger partial charge in [0.15, 0.2) is 0 Å². The van der Waals surface area contributed by atoms with Crippen molar-refractivity contribution in [2.75, 3.05) is 0 Å². The van der Waals surface area contributed by atoms with Gasteiger partial charge in [0.2, 0.25) is 0 Å². The summed E-state index contributed by atoms with van der Waals surface area (Å²) in [5, 5.41) is 0. The van der Waals surface area contributed by atoms with E-state index in [0.717, 1.165) is 0 Å². The third-order valence-electron chi connectivity index (χ3n) is 3.39. The predicted octanol–water partition coefficient (Wildman–Crippen LogP) is 3.21. The van der Waals surface area contributed by atoms with Crippen LogP contribution in [0, 0.1) is 17.8 Å². The molecule has 0 aromatic carbocycles. The normalized spacial score (nSPS) is 28.7. The van der Waals surface area contributed by atoms with Crippen molar-refractivity contribution in [2.45, 2.75) is 34.1 Å². The highest BCUT2D eigenvalue weighted by Gasteiger charge is 2.40. The summed E-state index contributed by atoms with van der Waals surface area (Å²) >= 11 is 0. The van der Waals surface area contributed by atoms with Crippen LogP contribution in [-0.4, -0.2) is 11.6 Å². The molecule has 2 atom stereocenters. The van der Waals surface area contributed by atoms with Crippen molar-refractivity contribution < 1.29 is 0 Å². The van der Waals surface area contributed by atoms with Crippen molar-refractivity contribution in [3.8, 4) is 0 Å². The summed E-state index contributed by atoms with van der Waals surface area (Å²) in [6.07, 6.45) is 2.88. The minimum atomic E-state index is 0.464. The molecule has 0 spiro atoms. The van der Waals surface area contributed by atoms with Crippen molar-refractivity contribution >= 4 is 11.6 Å². The summed E-state index contributed by atoms with van der Waals surface area (Å²) in [6.45, 7) is 8.87. The maximum absolute atomic E-state index is 4.43. The molecule has 1 saturated carbocycles. The Bertz CT molecular complexity index is 393. The summed E-state index contributed by atoms with van der Waals surface area (Å²) in [6, 6.07) is 0. The molecule has 1 aliphatic heterocycles. The van der Waals surface area contributed by atoms with Crippen LogP contribution in [0.3, 0.4) is 0 Å². The third-order valence-corrected chi connectivity index (χ3v) is 3.39. The van der Waals surface area contributed by atoms with Crippen LogP contribution < -0.4 is 0 Å². The molecule has 1 fully saturated rings. The van der Waals surface area contributed by atoms with E-state index >= 15 is 0 Å². The van der Waals surface area contributed by atoms with Crippen molar-refractivity contribution in [1.82, 2.24) is 0 Å². The fourth-order valence-corrected chi connectivity index (χ4v) is 2.54. The van der Waals surface area contributed by atoms with E-state index in [1.165, 1.54) is 23.4 Å². The number of hydrogen-bond acceptors (Lipinski definition) is 2. The van der Waals surface area contributed by atoms with Gasteiger partial charge in [0, 0.05) is 23.1 Å². The smallest absolute Gasteiger partial charge is 0.0885 e. The molecule has 0 aromatic heterocycles. The third kappa shape index (κ3) is 1.49. The highest BCUT2D eigenvalue weighted by molar-refractivity contribution is 6.10. The summed E-state index contributed by atoms with van der Waals surface area (Å²) in [5.41, 5.74) is 3.81. The molecule has 0 amide bonds. The van der Waals surface area contributed by atoms with E-state index in [1.54, 1.807) is 6.20 Å². The fourth-order valence-electron chi connectivity index (χ4n) is 2.54. The molecule has 0 radical (unpaired) electrons. The van der Waals surface area contributed by atoms with E-state index < -0.39 is 0 Å². The number of fused-ring (bicyclic) bond motifs is 1. The van der Waals surface area contributed by atoms with Gasteiger partial charge in [-0.05, 0) is 18.3 Å². The van der Waals surface area contributed by atoms with E-state index in [2.05, 4.69) is 43.5 Å². The van der Waals surface area contributed by atoms with Crippen molar-refractivity contribution in [3.63, 3.8) is 0 Å². The molecule has 15 heavy (non-hydrogen) atoms. The fraction of sp³-hybridized carbons (Fsp3) is 0.615. The second kappa shape index (κ2) is 3.79. The Kier molecular flexibility index (Phi) is 2.62. The highest BCUT2D eigenvalue weighted by Crippen LogP contribution is 2.43. The highest BCUT2D eigenvalue weighted by atomic mass is 14.8. The average molecular weight is 202 g/mol. The SMILES string of the molecule is CCC1C2=C(C(C)C)N=C=CN=C2C1C. The lowest BCUT2D eigenvalue weighted by Crippen LogP contribution is -2.39. The minimum Gasteiger partial charge on any atom is -0.251 e. The number of aliphatic imine (C=N–C) groups is 2. The number of nitrogens with zero attached hydrogens (tertiary/aromatic N) is 2. The zero-order valence-electron chi connectivity index (χ0n) is 9.91. The van der Waals surface area contributed by atoms with Gasteiger partial charge in [-0.25, -0.2) is 4.99 Å². The molecule has 1 aliphatic carbocycles. The van der Waals surface area contributed by atoms with Crippen molar-refractivity contribution in [1.29, 1.82) is 0 Å². The van der Waals surface area contributed by atoms with Crippen LogP contribution in [0.4, 0.5) is 0 Å². The van der Waals surface area contributed by atoms with Gasteiger partial charge in [0.1, 0.15) is 0 Å². The molecule has 2 unspecified atom stereocenters. The van der Waals surface area contributed by atoms with Crippen LogP contribution in [-0.2, 0) is 0 Å². The number of allylic oxidation sites excluding steroid dienone is 2. The van der Waals surface area contributed by atoms with Gasteiger partial charge in [0.05, 0.1) is 11.9 Å². The van der Waals surface area contributed by atoms with Gasteiger partial charge in [0.25, 0.3) is 0 Å². The molecular weight excluding hydrogens is 184 g/mol. The summed E-state index contributed by atoms with van der Waals surface area (Å²) in [7, 11) is 0. The molecule has 0 bridgehead atoms. The first-order valence-electron chi connectivity index (χ1n) is 5.76. The van der Waals surface area contributed by atoms with Crippen LogP contribution in [0.1, 0.15) is 34.1 Å². The van der Waals surface area contributed by atoms with Crippen LogP contribution in [0.15, 0.2) is 27.5 Å². The first kappa shape index (κ1) is 10.4. The van der Waals surface area contributed by atoms with E-state index in [-0.39, 0.29) is 0 Å². The monoisotopic (exact) mass is 202 g/mol. The second-order valence-electron chi connectivity index (χ2n) is 4.64. The standard InChI is InChI=1S/C13H18N2/c1-5-10-9(4)13-11(10)12(8(2)3)14-6-7-15-13/h7-10H,5H2,1-4H3. The summed E-state index contributed by atoms with van der Waals surface area (Å²) in [4.78, 5) is 8.83. The zero-order valence-corrected chi connectivity index (χ0v) is 9.91. The van der Waals surface area contributed by atoms with E-state index in [9.17, 15) is 0 Å². The molecule has 2 heteroatoms. The van der Waals surface area contributed by atoms with E-state index in [1.807, 2.05) is 0 Å². The van der Waals surface area contributed by atoms with Crippen molar-refractivity contribution in [2.24, 2.45) is 27.7 Å². The number of hydrogen-bond donors (Lipinski definition) is 0. The maximum atomic E-state index is 4.43. The van der Waals surface area contributed by atoms with E-state index in [0.29, 0.717) is 17.8 Å². The Morgan fingerprint density at radius 1 is 1.47 bits per heavy atom. The van der Waals surface area contributed by atoms with Crippen molar-refractivity contribution in [3.05, 3.63) is 17.5 Å². The van der Waals surface area contributed by atoms with Gasteiger partial charge >= 0.3 is 0 Å². The Balaban J connectivity index is 2.48. The first-order chi connectivity index (χ1) is 7.16. The van der Waals surface area contributed by atoms with Crippen LogP contribution in [0.5, 0.6) is 0 Å². The van der Waals surface area contributed by atoms with Gasteiger partial charge in [-0.1, -0.05) is 27.7 Å². The molecule has 2 rings (SSSR count). The molecular formula is C13H18N2. The predicted molar refractivity (Wildman–Crippen MR) is 64.2 cm³/mol. The Morgan fingerprint density at radius 3 is 2.80 bits per heavy atom. The maximum Gasteiger partial charge on any atom is 0.0885 e. The lowest BCUT2D eigenvalue weighted by molar-refractivity contribution is 0.444. The van der Waals surface area contributed by atoms with Crippen LogP contribution >= 0.6 is 0 Å². The first-order valence-corrected chi connectivity index (χ1v) is 5.76. The summed E-state index contributed by atoms with van der Waals surface area (Å²) < 4.78 is 0. The minimum absolute atomic E-state index is 0.464. The second-order valence-corrected chi connectivity index (χ2v) is 4.64. The lowest BCUT2D eigenvalue weighted by atomic mass is 9.65. The molecule has 80 valence electrons. The van der Waals surface area contributed by atoms with Gasteiger partial charge in [-0.15, -0.1) is 0 Å². The van der Waals surface area contributed by atoms with Crippen LogP contribution in [0.2, 0.25) is 0 Å². The molecule has 0 N–H and O–H groups in total. The topological polar surface area (TPSA) is 24.7 Å². The van der Waals surface area contributed by atoms with Gasteiger partial charge < -0.3 is 0 Å². The molecule has 1 heterocycles. The molecule has 0 aromatic rings. The van der Waals surface area contributed by atoms with Crippen LogP contribution in [0.25, 0.3) is 0 Å². The van der Waals surface area contributed by atoms with Gasteiger partial charge in [-0.2, -0.15) is 0 Å². The molecule has 2 aliphatic rings. The Labute approximate surface area is 91.5 Å². The zero-order chi connectivity index (χ0) is 11.0. The number of rotatable bonds is 2. The molecule has 2 nitrogen and oxygen atoms in total. The van der Waals surface area contributed by atoms with Gasteiger partial charge in [-0.3, -0.25) is 4.99 Å². The average Bonchev–Trinajstić information content (AvgIpc) is 2.38. The largest absolute Gasteiger partial charge is 0.251 e. The Morgan fingerprint density at radius 2 is 2.20 bits per heavy atom. The van der Waals surface area contributed by atoms with E-state index in [4.69, 9.17) is 0 Å². The Hall–Kier alpha value is -1.14. The lowest BCUT2D eigenvalue weighted by Gasteiger charge is -2.39.